The summed E-state index contributed by atoms with van der Waals surface area (Å²) in [6.45, 7) is 162. The Hall–Kier alpha value is 4.45. The lowest BCUT2D eigenvalue weighted by Gasteiger charge is -2.47. The molecule has 120 heavy (non-hydrogen) atoms. The van der Waals surface area contributed by atoms with Crippen molar-refractivity contribution >= 4 is 182 Å². The highest BCUT2D eigenvalue weighted by molar-refractivity contribution is 7.09. The van der Waals surface area contributed by atoms with Gasteiger partial charge in [0.2, 0.25) is 0 Å². The lowest BCUT2D eigenvalue weighted by atomic mass is 10.4. The molecule has 0 aromatic rings. The lowest BCUT2D eigenvalue weighted by Crippen LogP contribution is -2.62. The summed E-state index contributed by atoms with van der Waals surface area (Å²) in [5.74, 6) is 0. The molecule has 8 nitrogen and oxygen atoms in total. The van der Waals surface area contributed by atoms with Gasteiger partial charge in [-0.05, 0) is 229 Å². The molecule has 0 bridgehead atoms. The minimum atomic E-state index is -2.62. The van der Waals surface area contributed by atoms with E-state index in [0.717, 1.165) is 40.5 Å². The lowest BCUT2D eigenvalue weighted by molar-refractivity contribution is 0.235. The Bertz CT molecular complexity index is 2370. The first-order chi connectivity index (χ1) is 51.8. The third-order valence-electron chi connectivity index (χ3n) is 23.3. The minimum absolute atomic E-state index is 0.368. The predicted molar refractivity (Wildman–Crippen MR) is 627 cm³/mol. The van der Waals surface area contributed by atoms with Gasteiger partial charge in [0.15, 0.2) is 74.9 Å². The fraction of sp³-hybridized carbons (Fsp3) is 1.00. The molecule has 0 aliphatic carbocycles. The smallest absolute Gasteiger partial charge is 0.456 e. The highest BCUT2D eigenvalue weighted by atomic mass is 28.5. The summed E-state index contributed by atoms with van der Waals surface area (Å²) in [4.78, 5) is 0. The maximum Gasteiger partial charge on any atom is 0.472 e. The molecule has 8 atom stereocenters. The number of hydrogen-bond acceptors (Lipinski definition) is 8. The number of hydrogen-bond donors (Lipinski definition) is 0. The van der Waals surface area contributed by atoms with Gasteiger partial charge in [-0.15, -0.1) is 0 Å². The number of rotatable bonds is 44. The van der Waals surface area contributed by atoms with E-state index in [2.05, 4.69) is 451 Å². The van der Waals surface area contributed by atoms with Crippen LogP contribution < -0.4 is 0 Å². The van der Waals surface area contributed by atoms with Gasteiger partial charge in [-0.2, -0.15) is 0 Å². The van der Waals surface area contributed by atoms with Crippen molar-refractivity contribution in [2.75, 3.05) is 0 Å². The molecule has 0 amide bonds. The standard InChI is InChI=1S/C16H42Si4.C13H36O3Si4.C13H34Si3.2C11H30O2Si3.C10H26Si2.C9H24OSi2.C7H18Si/c1-12-16(2)20(13-17(3,4)5,14-18(6,7)8)15-19(9,10)11;1-12-13(2)20(14-17(3,4)5,15-18(6,7)8)16-19(9,10)11;1-10-13(2)16(9,11-14(3,4)5)12-15(6,7)8;1-10-11(2)15(6,7)13-16(8,9)12-14(3,4)5;1-10-11(2)16(9,12-14(3,4)5)13-15(6,7)8;1-8-10(2)12(6,7)9-11(3,4)5;1-8-9(2)12(6,7)10-11(3,4)5;1-6-7(2)8(3,4)5/h16H,12-15H2,1-11H3;13H,12H2,1-11H3;13H,10-12H2,1-9H3;2*11H,10H2,1-9H3;10H,8-9H2,1-7H3;9H,8H2,1-7H3;7H,6H2,1-5H3. The monoisotopic (exact) mass is 2070 g/mol. The molecule has 0 saturated carbocycles. The molecule has 8 unspecified atom stereocenters. The van der Waals surface area contributed by atoms with Crippen LogP contribution in [0.25, 0.3) is 0 Å². The van der Waals surface area contributed by atoms with Gasteiger partial charge in [-0.3, -0.25) is 0 Å². The van der Waals surface area contributed by atoms with Crippen LogP contribution in [-0.2, 0) is 32.9 Å². The zero-order valence-corrected chi connectivity index (χ0v) is 119. The van der Waals surface area contributed by atoms with Gasteiger partial charge in [0.25, 0.3) is 0 Å². The van der Waals surface area contributed by atoms with E-state index in [-0.39, 0.29) is 0 Å². The van der Waals surface area contributed by atoms with E-state index >= 15 is 0 Å². The molecule has 0 heterocycles. The van der Waals surface area contributed by atoms with Gasteiger partial charge < -0.3 is 32.9 Å². The second-order valence-corrected chi connectivity index (χ2v) is 166. The topological polar surface area (TPSA) is 73.8 Å². The molecule has 0 saturated heterocycles. The maximum absolute atomic E-state index is 6.63. The highest BCUT2D eigenvalue weighted by Gasteiger charge is 2.54. The van der Waals surface area contributed by atoms with Crippen LogP contribution in [0.15, 0.2) is 0 Å². The molecule has 30 heteroatoms. The van der Waals surface area contributed by atoms with Gasteiger partial charge in [-0.1, -0.05) is 347 Å². The van der Waals surface area contributed by atoms with E-state index in [1.807, 2.05) is 0 Å². The molecular formula is C90H240O8Si22. The van der Waals surface area contributed by atoms with Crippen molar-refractivity contribution in [3.05, 3.63) is 0 Å². The summed E-state index contributed by atoms with van der Waals surface area (Å²) < 4.78 is 51.7. The summed E-state index contributed by atoms with van der Waals surface area (Å²) in [6.07, 6.45) is 10.2. The highest BCUT2D eigenvalue weighted by Crippen LogP contribution is 2.45. The van der Waals surface area contributed by atoms with Gasteiger partial charge in [0, 0.05) is 86.3 Å². The van der Waals surface area contributed by atoms with Gasteiger partial charge in [0.1, 0.15) is 0 Å². The molecule has 0 aliphatic rings. The van der Waals surface area contributed by atoms with Crippen LogP contribution in [0.3, 0.4) is 0 Å². The summed E-state index contributed by atoms with van der Waals surface area (Å²) in [5, 5.41) is 0. The second kappa shape index (κ2) is 55.6. The van der Waals surface area contributed by atoms with E-state index in [1.165, 1.54) is 38.5 Å². The normalized spacial score (nSPS) is 16.3. The first kappa shape index (κ1) is 140. The first-order valence-electron chi connectivity index (χ1n) is 49.4. The van der Waals surface area contributed by atoms with E-state index in [9.17, 15) is 0 Å². The summed E-state index contributed by atoms with van der Waals surface area (Å²) in [7, 11) is -29.7. The molecule has 736 valence electrons. The zero-order chi connectivity index (χ0) is 99.2. The van der Waals surface area contributed by atoms with Crippen LogP contribution in [0, 0.1) is 0 Å². The molecule has 0 aromatic carbocycles. The summed E-state index contributed by atoms with van der Waals surface area (Å²) in [5.41, 5.74) is 16.4. The van der Waals surface area contributed by atoms with Crippen molar-refractivity contribution in [1.29, 1.82) is 0 Å². The van der Waals surface area contributed by atoms with Crippen LogP contribution in [-0.4, -0.2) is 182 Å². The average Bonchev–Trinajstić information content (AvgIpc) is 0.809. The van der Waals surface area contributed by atoms with Crippen LogP contribution in [0.4, 0.5) is 0 Å². The average molecular weight is 2070 g/mol. The molecule has 0 radical (unpaired) electrons. The van der Waals surface area contributed by atoms with Gasteiger partial charge in [0.05, 0.1) is 0 Å². The SMILES string of the molecule is CCC(C)[Si](C)(C)C.CCC(C)[Si](C)(C)C[Si](C)(C)C.CCC(C)[Si](C)(C)O[Si](C)(C)C.CCC(C)[Si](C)(C)O[Si](C)(C)O[Si](C)(C)C.CCC(C)[Si](C)(C[Si](C)(C)C)C[Si](C)(C)C.CCC(C)[Si](C)(O[Si](C)(C)C)O[Si](C)(C)C.CCC(C)[Si](C[Si](C)(C)C)(C[Si](C)(C)C)C[Si](C)(C)C.CCC(C)[Si](O[Si](C)(C)C)(O[Si](C)(C)C)O[Si](C)(C)C. The Morgan fingerprint density at radius 2 is 0.400 bits per heavy atom. The van der Waals surface area contributed by atoms with Crippen LogP contribution in [0.1, 0.15) is 162 Å². The van der Waals surface area contributed by atoms with Crippen molar-refractivity contribution in [3.63, 3.8) is 0 Å². The maximum atomic E-state index is 6.63. The van der Waals surface area contributed by atoms with Crippen molar-refractivity contribution < 1.29 is 32.9 Å². The Kier molecular flexibility index (Phi) is 64.8. The first-order valence-corrected chi connectivity index (χ1v) is 121. The van der Waals surface area contributed by atoms with Crippen molar-refractivity contribution in [2.24, 2.45) is 0 Å². The van der Waals surface area contributed by atoms with E-state index < -0.39 is 182 Å². The second-order valence-electron chi connectivity index (χ2n) is 56.1. The van der Waals surface area contributed by atoms with E-state index in [4.69, 9.17) is 32.9 Å². The Morgan fingerprint density at radius 3 is 0.583 bits per heavy atom. The largest absolute Gasteiger partial charge is 0.472 e. The van der Waals surface area contributed by atoms with Crippen LogP contribution in [0.5, 0.6) is 0 Å². The zero-order valence-electron chi connectivity index (χ0n) is 96.8. The minimum Gasteiger partial charge on any atom is -0.456 e. The molecule has 0 fully saturated rings. The van der Waals surface area contributed by atoms with Crippen molar-refractivity contribution in [3.8, 4) is 0 Å². The quantitative estimate of drug-likeness (QED) is 0.0559. The molecule has 0 aromatic heterocycles. The molecule has 0 aliphatic heterocycles. The molecule has 0 spiro atoms. The van der Waals surface area contributed by atoms with Gasteiger partial charge in [-0.25, -0.2) is 0 Å². The summed E-state index contributed by atoms with van der Waals surface area (Å²) >= 11 is 0. The van der Waals surface area contributed by atoms with E-state index in [0.29, 0.717) is 16.6 Å². The molecular weight excluding hydrogens is 1830 g/mol. The molecule has 0 rings (SSSR count). The van der Waals surface area contributed by atoms with Crippen LogP contribution in [0.2, 0.25) is 419 Å². The summed E-state index contributed by atoms with van der Waals surface area (Å²) in [6, 6.07) is 0. The van der Waals surface area contributed by atoms with Crippen LogP contribution >= 0.6 is 0 Å². The van der Waals surface area contributed by atoms with Crippen molar-refractivity contribution in [2.45, 2.75) is 581 Å². The molecule has 0 N–H and O–H groups in total. The van der Waals surface area contributed by atoms with E-state index in [1.54, 1.807) is 34.0 Å². The predicted octanol–water partition coefficient (Wildman–Crippen LogP) is 38.2. The Labute approximate surface area is 788 Å². The Morgan fingerprint density at radius 1 is 0.183 bits per heavy atom. The Balaban J connectivity index is -0.000000201. The van der Waals surface area contributed by atoms with Crippen molar-refractivity contribution in [1.82, 2.24) is 0 Å². The fourth-order valence-electron chi connectivity index (χ4n) is 17.4. The third kappa shape index (κ3) is 77.7. The fourth-order valence-corrected chi connectivity index (χ4v) is 141. The third-order valence-corrected chi connectivity index (χ3v) is 120. The van der Waals surface area contributed by atoms with Gasteiger partial charge >= 0.3 is 25.9 Å².